The van der Waals surface area contributed by atoms with Crippen molar-refractivity contribution in [3.05, 3.63) is 45.7 Å². The molecule has 1 N–H and O–H groups in total. The van der Waals surface area contributed by atoms with Gasteiger partial charge in [0.1, 0.15) is 11.3 Å². The Hall–Kier alpha value is -2.62. The van der Waals surface area contributed by atoms with E-state index in [9.17, 15) is 4.79 Å². The lowest BCUT2D eigenvalue weighted by Crippen LogP contribution is -2.54. The summed E-state index contributed by atoms with van der Waals surface area (Å²) in [6.07, 6.45) is 3.93. The molecule has 0 bridgehead atoms. The van der Waals surface area contributed by atoms with Crippen molar-refractivity contribution in [1.82, 2.24) is 30.0 Å². The number of aromatic nitrogens is 4. The maximum absolute atomic E-state index is 11.3. The first-order chi connectivity index (χ1) is 17.8. The average molecular weight is 547 g/mol. The molecule has 2 unspecified atom stereocenters. The van der Waals surface area contributed by atoms with Crippen LogP contribution in [0.5, 0.6) is 0 Å². The third kappa shape index (κ3) is 5.49. The first-order valence-electron chi connectivity index (χ1n) is 12.8. The molecule has 3 aromatic rings. The smallest absolute Gasteiger partial charge is 0.406 e. The van der Waals surface area contributed by atoms with Crippen molar-refractivity contribution < 1.29 is 9.53 Å². The van der Waals surface area contributed by atoms with Crippen molar-refractivity contribution in [1.29, 1.82) is 0 Å². The molecular weight excluding hydrogens is 513 g/mol. The number of piperidine rings is 1. The Morgan fingerprint density at radius 1 is 1.24 bits per heavy atom. The number of carbonyl (C=O) groups excluding carboxylic acids is 1. The van der Waals surface area contributed by atoms with Gasteiger partial charge >= 0.3 is 6.09 Å². The molecule has 5 rings (SSSR count). The van der Waals surface area contributed by atoms with Crippen LogP contribution >= 0.6 is 23.2 Å². The van der Waals surface area contributed by atoms with Crippen LogP contribution in [-0.4, -0.2) is 77.1 Å². The summed E-state index contributed by atoms with van der Waals surface area (Å²) in [5.41, 5.74) is 3.35. The number of ether oxygens (including phenoxy) is 1. The summed E-state index contributed by atoms with van der Waals surface area (Å²) in [5.74, 6) is 2.17. The fourth-order valence-electron chi connectivity index (χ4n) is 5.50. The first-order valence-corrected chi connectivity index (χ1v) is 13.6. The molecule has 2 aromatic heterocycles. The van der Waals surface area contributed by atoms with Crippen LogP contribution in [0, 0.1) is 18.8 Å². The molecular formula is C26H33Cl2N7O2. The highest BCUT2D eigenvalue weighted by Crippen LogP contribution is 2.35. The molecule has 9 nitrogen and oxygen atoms in total. The third-order valence-electron chi connectivity index (χ3n) is 7.66. The van der Waals surface area contributed by atoms with Crippen molar-refractivity contribution >= 4 is 46.3 Å². The van der Waals surface area contributed by atoms with Crippen LogP contribution in [0.3, 0.4) is 0 Å². The van der Waals surface area contributed by atoms with Crippen molar-refractivity contribution in [3.8, 4) is 0 Å². The quantitative estimate of drug-likeness (QED) is 0.465. The maximum atomic E-state index is 11.3. The van der Waals surface area contributed by atoms with E-state index in [1.54, 1.807) is 6.07 Å². The van der Waals surface area contributed by atoms with Gasteiger partial charge in [0, 0.05) is 42.8 Å². The molecule has 0 radical (unpaired) electrons. The molecule has 2 saturated heterocycles. The van der Waals surface area contributed by atoms with Gasteiger partial charge in [-0.2, -0.15) is 5.10 Å². The van der Waals surface area contributed by atoms with E-state index in [0.29, 0.717) is 28.4 Å². The lowest BCUT2D eigenvalue weighted by atomic mass is 9.80. The minimum Gasteiger partial charge on any atom is -0.453 e. The van der Waals surface area contributed by atoms with E-state index >= 15 is 0 Å². The Morgan fingerprint density at radius 3 is 2.81 bits per heavy atom. The highest BCUT2D eigenvalue weighted by molar-refractivity contribution is 6.35. The van der Waals surface area contributed by atoms with Gasteiger partial charge in [0.2, 0.25) is 0 Å². The van der Waals surface area contributed by atoms with Crippen LogP contribution in [-0.2, 0) is 4.74 Å². The summed E-state index contributed by atoms with van der Waals surface area (Å²) >= 11 is 12.6. The Balaban J connectivity index is 1.25. The number of halogens is 2. The van der Waals surface area contributed by atoms with Crippen LogP contribution in [0.4, 0.5) is 10.6 Å². The summed E-state index contributed by atoms with van der Waals surface area (Å²) in [5, 5.41) is 8.75. The molecule has 1 aromatic carbocycles. The minimum atomic E-state index is -0.372. The molecule has 198 valence electrons. The van der Waals surface area contributed by atoms with E-state index in [4.69, 9.17) is 38.3 Å². The molecule has 0 spiro atoms. The zero-order valence-electron chi connectivity index (χ0n) is 21.5. The van der Waals surface area contributed by atoms with Gasteiger partial charge in [-0.1, -0.05) is 29.3 Å². The summed E-state index contributed by atoms with van der Waals surface area (Å²) in [4.78, 5) is 25.8. The predicted molar refractivity (Wildman–Crippen MR) is 146 cm³/mol. The predicted octanol–water partition coefficient (Wildman–Crippen LogP) is 4.56. The maximum Gasteiger partial charge on any atom is 0.406 e. The zero-order valence-corrected chi connectivity index (χ0v) is 23.0. The number of alkyl carbamates (subject to hydrolysis) is 1. The zero-order chi connectivity index (χ0) is 26.1. The van der Waals surface area contributed by atoms with E-state index < -0.39 is 0 Å². The van der Waals surface area contributed by atoms with Crippen LogP contribution in [0.1, 0.15) is 37.1 Å². The van der Waals surface area contributed by atoms with Crippen molar-refractivity contribution in [3.63, 3.8) is 0 Å². The number of carbonyl (C=O) groups is 1. The van der Waals surface area contributed by atoms with Crippen LogP contribution in [0.2, 0.25) is 10.0 Å². The number of benzene rings is 1. The lowest BCUT2D eigenvalue weighted by molar-refractivity contribution is 0.118. The van der Waals surface area contributed by atoms with Crippen LogP contribution in [0.25, 0.3) is 11.2 Å². The monoisotopic (exact) mass is 545 g/mol. The van der Waals surface area contributed by atoms with Crippen molar-refractivity contribution in [2.75, 3.05) is 51.3 Å². The molecule has 0 saturated carbocycles. The SMILES string of the molecule is COC(=O)NCCN1CCCC(C2CN(c3cnc4c(C)nn(C(C)c5ccc(Cl)cc5Cl)c4n3)C2)C1. The summed E-state index contributed by atoms with van der Waals surface area (Å²) in [7, 11) is 1.39. The third-order valence-corrected chi connectivity index (χ3v) is 8.23. The van der Waals surface area contributed by atoms with Gasteiger partial charge in [-0.15, -0.1) is 0 Å². The minimum absolute atomic E-state index is 0.114. The number of nitrogens with one attached hydrogen (secondary N) is 1. The van der Waals surface area contributed by atoms with Crippen molar-refractivity contribution in [2.45, 2.75) is 32.7 Å². The lowest BCUT2D eigenvalue weighted by Gasteiger charge is -2.47. The Bertz CT molecular complexity index is 1280. The molecule has 0 aliphatic carbocycles. The number of likely N-dealkylation sites (tertiary alicyclic amines) is 1. The average Bonchev–Trinajstić information content (AvgIpc) is 3.19. The molecule has 1 amide bonds. The van der Waals surface area contributed by atoms with E-state index in [2.05, 4.69) is 26.8 Å². The second kappa shape index (κ2) is 11.0. The van der Waals surface area contributed by atoms with Crippen molar-refractivity contribution in [2.24, 2.45) is 11.8 Å². The summed E-state index contributed by atoms with van der Waals surface area (Å²) in [6, 6.07) is 5.43. The van der Waals surface area contributed by atoms with E-state index in [0.717, 1.165) is 61.0 Å². The first kappa shape index (κ1) is 26.0. The number of anilines is 1. The normalized spacial score (nSPS) is 19.6. The molecule has 2 aliphatic rings. The van der Waals surface area contributed by atoms with E-state index in [1.807, 2.05) is 29.9 Å². The van der Waals surface area contributed by atoms with Gasteiger partial charge in [-0.05, 0) is 62.8 Å². The van der Waals surface area contributed by atoms with Gasteiger partial charge in [0.15, 0.2) is 5.65 Å². The Kier molecular flexibility index (Phi) is 7.74. The second-order valence-electron chi connectivity index (χ2n) is 10.1. The Labute approximate surface area is 227 Å². The number of rotatable bonds is 7. The molecule has 2 fully saturated rings. The number of nitrogens with zero attached hydrogens (tertiary/aromatic N) is 6. The summed E-state index contributed by atoms with van der Waals surface area (Å²) in [6.45, 7) is 9.58. The number of methoxy groups -OCH3 is 1. The topological polar surface area (TPSA) is 88.4 Å². The molecule has 4 heterocycles. The molecule has 37 heavy (non-hydrogen) atoms. The highest BCUT2D eigenvalue weighted by atomic mass is 35.5. The molecule has 2 aliphatic heterocycles. The molecule has 11 heteroatoms. The Morgan fingerprint density at radius 2 is 2.05 bits per heavy atom. The van der Waals surface area contributed by atoms with Gasteiger partial charge in [-0.3, -0.25) is 0 Å². The highest BCUT2D eigenvalue weighted by Gasteiger charge is 2.36. The largest absolute Gasteiger partial charge is 0.453 e. The van der Waals surface area contributed by atoms with Crippen LogP contribution < -0.4 is 10.2 Å². The number of aryl methyl sites for hydroxylation is 1. The number of amides is 1. The van der Waals surface area contributed by atoms with Crippen LogP contribution in [0.15, 0.2) is 24.4 Å². The molecule has 2 atom stereocenters. The van der Waals surface area contributed by atoms with Gasteiger partial charge in [0.25, 0.3) is 0 Å². The number of hydrogen-bond donors (Lipinski definition) is 1. The number of hydrogen-bond acceptors (Lipinski definition) is 7. The fraction of sp³-hybridized carbons (Fsp3) is 0.538. The fourth-order valence-corrected chi connectivity index (χ4v) is 6.07. The van der Waals surface area contributed by atoms with E-state index in [-0.39, 0.29) is 12.1 Å². The van der Waals surface area contributed by atoms with Gasteiger partial charge < -0.3 is 19.9 Å². The van der Waals surface area contributed by atoms with Gasteiger partial charge in [-0.25, -0.2) is 19.4 Å². The van der Waals surface area contributed by atoms with Gasteiger partial charge in [0.05, 0.1) is 25.0 Å². The number of fused-ring (bicyclic) bond motifs is 1. The second-order valence-corrected chi connectivity index (χ2v) is 10.9. The van der Waals surface area contributed by atoms with E-state index in [1.165, 1.54) is 20.0 Å². The standard InChI is InChI=1S/C26H33Cl2N7O2/c1-16-24-25(35(32-16)17(2)21-7-6-20(27)11-22(21)28)31-23(12-30-24)34-14-19(15-34)18-5-4-9-33(13-18)10-8-29-26(36)37-3/h6-7,11-12,17-19H,4-5,8-10,13-15H2,1-3H3,(H,29,36). The summed E-state index contributed by atoms with van der Waals surface area (Å²) < 4.78 is 6.57.